The molecular weight excluding hydrogens is 254 g/mol. The molecule has 1 aromatic carbocycles. The molecule has 0 saturated carbocycles. The highest BCUT2D eigenvalue weighted by Gasteiger charge is 2.17. The average molecular weight is 279 g/mol. The summed E-state index contributed by atoms with van der Waals surface area (Å²) in [6.45, 7) is 3.30. The van der Waals surface area contributed by atoms with Gasteiger partial charge in [-0.15, -0.1) is 0 Å². The molecule has 0 atom stereocenters. The number of piperidine rings is 1. The van der Waals surface area contributed by atoms with Crippen LogP contribution in [0, 0.1) is 5.92 Å². The SMILES string of the molecule is COc1cc(N)c(NCC2CCN(C)CC2)cc1OC. The minimum Gasteiger partial charge on any atom is -0.493 e. The molecule has 20 heavy (non-hydrogen) atoms. The monoisotopic (exact) mass is 279 g/mol. The Kier molecular flexibility index (Phi) is 4.95. The molecule has 0 amide bonds. The van der Waals surface area contributed by atoms with E-state index in [4.69, 9.17) is 15.2 Å². The molecule has 0 aliphatic carbocycles. The standard InChI is InChI=1S/C15H25N3O2/c1-18-6-4-11(5-7-18)10-17-13-9-15(20-3)14(19-2)8-12(13)16/h8-9,11,17H,4-7,10,16H2,1-3H3. The third-order valence-electron chi connectivity index (χ3n) is 3.98. The van der Waals surface area contributed by atoms with Crippen LogP contribution in [-0.2, 0) is 0 Å². The number of nitrogens with one attached hydrogen (secondary N) is 1. The van der Waals surface area contributed by atoms with Gasteiger partial charge >= 0.3 is 0 Å². The minimum atomic E-state index is 0.662. The first kappa shape index (κ1) is 14.8. The van der Waals surface area contributed by atoms with Gasteiger partial charge in [-0.25, -0.2) is 0 Å². The van der Waals surface area contributed by atoms with Crippen LogP contribution >= 0.6 is 0 Å². The maximum absolute atomic E-state index is 6.05. The van der Waals surface area contributed by atoms with Crippen LogP contribution in [0.4, 0.5) is 11.4 Å². The van der Waals surface area contributed by atoms with E-state index >= 15 is 0 Å². The molecule has 3 N–H and O–H groups in total. The van der Waals surface area contributed by atoms with E-state index in [0.717, 1.165) is 12.2 Å². The van der Waals surface area contributed by atoms with Gasteiger partial charge in [0.1, 0.15) is 0 Å². The highest BCUT2D eigenvalue weighted by molar-refractivity contribution is 5.72. The predicted molar refractivity (Wildman–Crippen MR) is 82.7 cm³/mol. The number of anilines is 2. The van der Waals surface area contributed by atoms with E-state index in [1.165, 1.54) is 25.9 Å². The van der Waals surface area contributed by atoms with Crippen LogP contribution < -0.4 is 20.5 Å². The maximum atomic E-state index is 6.05. The van der Waals surface area contributed by atoms with Crippen molar-refractivity contribution in [2.75, 3.05) is 52.0 Å². The van der Waals surface area contributed by atoms with Gasteiger partial charge in [-0.05, 0) is 38.9 Å². The number of rotatable bonds is 5. The van der Waals surface area contributed by atoms with Crippen molar-refractivity contribution in [1.82, 2.24) is 4.90 Å². The van der Waals surface area contributed by atoms with Gasteiger partial charge in [0.05, 0.1) is 25.6 Å². The molecule has 0 bridgehead atoms. The third-order valence-corrected chi connectivity index (χ3v) is 3.98. The molecule has 1 aromatic rings. The summed E-state index contributed by atoms with van der Waals surface area (Å²) in [5, 5.41) is 3.44. The van der Waals surface area contributed by atoms with Crippen LogP contribution in [0.1, 0.15) is 12.8 Å². The largest absolute Gasteiger partial charge is 0.493 e. The van der Waals surface area contributed by atoms with Gasteiger partial charge in [-0.3, -0.25) is 0 Å². The second-order valence-corrected chi connectivity index (χ2v) is 5.42. The van der Waals surface area contributed by atoms with E-state index in [1.54, 1.807) is 20.3 Å². The highest BCUT2D eigenvalue weighted by atomic mass is 16.5. The quantitative estimate of drug-likeness (QED) is 0.808. The van der Waals surface area contributed by atoms with Crippen LogP contribution in [-0.4, -0.2) is 45.8 Å². The second-order valence-electron chi connectivity index (χ2n) is 5.42. The molecule has 0 spiro atoms. The lowest BCUT2D eigenvalue weighted by Gasteiger charge is -2.29. The van der Waals surface area contributed by atoms with Crippen molar-refractivity contribution < 1.29 is 9.47 Å². The Bertz CT molecular complexity index is 443. The summed E-state index contributed by atoms with van der Waals surface area (Å²) in [6.07, 6.45) is 2.47. The number of likely N-dealkylation sites (tertiary alicyclic amines) is 1. The van der Waals surface area contributed by atoms with Gasteiger partial charge in [0, 0.05) is 18.7 Å². The van der Waals surface area contributed by atoms with Crippen molar-refractivity contribution in [3.63, 3.8) is 0 Å². The zero-order valence-electron chi connectivity index (χ0n) is 12.6. The summed E-state index contributed by atoms with van der Waals surface area (Å²) >= 11 is 0. The molecule has 5 nitrogen and oxygen atoms in total. The first-order valence-corrected chi connectivity index (χ1v) is 7.08. The van der Waals surface area contributed by atoms with Crippen LogP contribution in [0.5, 0.6) is 11.5 Å². The van der Waals surface area contributed by atoms with E-state index in [9.17, 15) is 0 Å². The Hall–Kier alpha value is -1.62. The van der Waals surface area contributed by atoms with Crippen LogP contribution in [0.2, 0.25) is 0 Å². The lowest BCUT2D eigenvalue weighted by molar-refractivity contribution is 0.226. The number of hydrogen-bond acceptors (Lipinski definition) is 5. The number of nitrogens with two attached hydrogens (primary N) is 1. The number of methoxy groups -OCH3 is 2. The zero-order chi connectivity index (χ0) is 14.5. The number of nitrogens with zero attached hydrogens (tertiary/aromatic N) is 1. The fourth-order valence-electron chi connectivity index (χ4n) is 2.57. The van der Waals surface area contributed by atoms with E-state index in [0.29, 0.717) is 23.1 Å². The Morgan fingerprint density at radius 2 is 1.80 bits per heavy atom. The van der Waals surface area contributed by atoms with Gasteiger partial charge in [0.25, 0.3) is 0 Å². The first-order chi connectivity index (χ1) is 9.63. The lowest BCUT2D eigenvalue weighted by Crippen LogP contribution is -2.33. The van der Waals surface area contributed by atoms with E-state index in [2.05, 4.69) is 17.3 Å². The molecule has 0 aromatic heterocycles. The molecule has 112 valence electrons. The summed E-state index contributed by atoms with van der Waals surface area (Å²) in [6, 6.07) is 3.71. The molecule has 1 fully saturated rings. The van der Waals surface area contributed by atoms with Crippen LogP contribution in [0.15, 0.2) is 12.1 Å². The van der Waals surface area contributed by atoms with Gasteiger partial charge in [-0.2, -0.15) is 0 Å². The zero-order valence-corrected chi connectivity index (χ0v) is 12.6. The Morgan fingerprint density at radius 1 is 1.20 bits per heavy atom. The molecule has 1 aliphatic rings. The maximum Gasteiger partial charge on any atom is 0.162 e. The van der Waals surface area contributed by atoms with E-state index in [-0.39, 0.29) is 0 Å². The third kappa shape index (κ3) is 3.48. The normalized spacial score (nSPS) is 16.9. The van der Waals surface area contributed by atoms with Crippen LogP contribution in [0.25, 0.3) is 0 Å². The Morgan fingerprint density at radius 3 is 2.40 bits per heavy atom. The molecule has 1 aliphatic heterocycles. The predicted octanol–water partition coefficient (Wildman–Crippen LogP) is 2.04. The number of hydrogen-bond donors (Lipinski definition) is 2. The van der Waals surface area contributed by atoms with Crippen molar-refractivity contribution in [2.45, 2.75) is 12.8 Å². The van der Waals surface area contributed by atoms with E-state index < -0.39 is 0 Å². The smallest absolute Gasteiger partial charge is 0.162 e. The summed E-state index contributed by atoms with van der Waals surface area (Å²) in [5.74, 6) is 2.07. The van der Waals surface area contributed by atoms with Crippen molar-refractivity contribution in [3.05, 3.63) is 12.1 Å². The molecule has 1 heterocycles. The summed E-state index contributed by atoms with van der Waals surface area (Å²) in [4.78, 5) is 2.38. The molecule has 5 heteroatoms. The lowest BCUT2D eigenvalue weighted by atomic mass is 9.97. The second kappa shape index (κ2) is 6.70. The average Bonchev–Trinajstić information content (AvgIpc) is 2.47. The topological polar surface area (TPSA) is 59.8 Å². The number of ether oxygens (including phenoxy) is 2. The van der Waals surface area contributed by atoms with Crippen molar-refractivity contribution in [1.29, 1.82) is 0 Å². The van der Waals surface area contributed by atoms with Gasteiger partial charge < -0.3 is 25.4 Å². The van der Waals surface area contributed by atoms with E-state index in [1.807, 2.05) is 6.07 Å². The molecule has 1 saturated heterocycles. The van der Waals surface area contributed by atoms with Crippen molar-refractivity contribution >= 4 is 11.4 Å². The van der Waals surface area contributed by atoms with Gasteiger partial charge in [0.15, 0.2) is 11.5 Å². The van der Waals surface area contributed by atoms with Crippen molar-refractivity contribution in [2.24, 2.45) is 5.92 Å². The summed E-state index contributed by atoms with van der Waals surface area (Å²) in [7, 11) is 5.42. The fourth-order valence-corrected chi connectivity index (χ4v) is 2.57. The Labute approximate surface area is 121 Å². The molecule has 0 unspecified atom stereocenters. The van der Waals surface area contributed by atoms with Gasteiger partial charge in [-0.1, -0.05) is 0 Å². The minimum absolute atomic E-state index is 0.662. The number of nitrogen functional groups attached to an aromatic ring is 1. The van der Waals surface area contributed by atoms with Crippen LogP contribution in [0.3, 0.4) is 0 Å². The Balaban J connectivity index is 1.98. The highest BCUT2D eigenvalue weighted by Crippen LogP contribution is 2.35. The van der Waals surface area contributed by atoms with Gasteiger partial charge in [0.2, 0.25) is 0 Å². The molecular formula is C15H25N3O2. The first-order valence-electron chi connectivity index (χ1n) is 7.08. The fraction of sp³-hybridized carbons (Fsp3) is 0.600. The summed E-state index contributed by atoms with van der Waals surface area (Å²) < 4.78 is 10.6. The van der Waals surface area contributed by atoms with Crippen molar-refractivity contribution in [3.8, 4) is 11.5 Å². The molecule has 0 radical (unpaired) electrons. The summed E-state index contributed by atoms with van der Waals surface area (Å²) in [5.41, 5.74) is 7.66. The molecule has 2 rings (SSSR count). The number of benzene rings is 1.